The number of rotatable bonds is 1. The van der Waals surface area contributed by atoms with Crippen molar-refractivity contribution in [2.75, 3.05) is 6.54 Å². The first-order valence-corrected chi connectivity index (χ1v) is 7.78. The van der Waals surface area contributed by atoms with Gasteiger partial charge in [-0.25, -0.2) is 0 Å². The molecule has 4 nitrogen and oxygen atoms in total. The molecule has 0 radical (unpaired) electrons. The number of nitrogens with one attached hydrogen (secondary N) is 1. The molecule has 0 amide bonds. The van der Waals surface area contributed by atoms with Gasteiger partial charge in [0.15, 0.2) is 0 Å². The van der Waals surface area contributed by atoms with Gasteiger partial charge in [-0.05, 0) is 53.4 Å². The Kier molecular flexibility index (Phi) is 4.99. The molecule has 24 heavy (non-hydrogen) atoms. The van der Waals surface area contributed by atoms with Crippen molar-refractivity contribution in [1.82, 2.24) is 5.48 Å². The van der Waals surface area contributed by atoms with Gasteiger partial charge in [0.1, 0.15) is 17.2 Å². The lowest BCUT2D eigenvalue weighted by molar-refractivity contribution is 0.180. The topological polar surface area (TPSA) is 61.7 Å². The summed E-state index contributed by atoms with van der Waals surface area (Å²) < 4.78 is 0. The first kappa shape index (κ1) is 15.9. The van der Waals surface area contributed by atoms with Crippen LogP contribution in [0.1, 0.15) is 5.56 Å². The third-order valence-corrected chi connectivity index (χ3v) is 3.72. The fourth-order valence-corrected chi connectivity index (χ4v) is 2.43. The van der Waals surface area contributed by atoms with Gasteiger partial charge in [-0.1, -0.05) is 42.5 Å². The highest BCUT2D eigenvalue weighted by atomic mass is 16.6. The Hall–Kier alpha value is -2.98. The van der Waals surface area contributed by atoms with Gasteiger partial charge in [0.25, 0.3) is 0 Å². The van der Waals surface area contributed by atoms with E-state index < -0.39 is 0 Å². The first-order chi connectivity index (χ1) is 11.7. The van der Waals surface area contributed by atoms with E-state index in [1.165, 1.54) is 5.56 Å². The number of hydroxylamine groups is 1. The molecule has 3 aromatic rings. The molecule has 0 saturated heterocycles. The monoisotopic (exact) mass is 321 g/mol. The number of aromatic hydroxyl groups is 2. The van der Waals surface area contributed by atoms with E-state index in [1.54, 1.807) is 24.3 Å². The maximum Gasteiger partial charge on any atom is 0.150 e. The van der Waals surface area contributed by atoms with E-state index in [0.29, 0.717) is 0 Å². The maximum absolute atomic E-state index is 9.11. The molecule has 122 valence electrons. The predicted octanol–water partition coefficient (Wildman–Crippen LogP) is 3.89. The van der Waals surface area contributed by atoms with Gasteiger partial charge < -0.3 is 15.1 Å². The molecule has 0 saturated carbocycles. The number of hydrogen-bond acceptors (Lipinski definition) is 4. The summed E-state index contributed by atoms with van der Waals surface area (Å²) in [5.41, 5.74) is 6.17. The molecule has 0 unspecified atom stereocenters. The third-order valence-electron chi connectivity index (χ3n) is 3.72. The van der Waals surface area contributed by atoms with Crippen LogP contribution in [0.25, 0.3) is 11.1 Å². The summed E-state index contributed by atoms with van der Waals surface area (Å²) in [7, 11) is 0. The van der Waals surface area contributed by atoms with Crippen molar-refractivity contribution in [3.8, 4) is 28.4 Å². The summed E-state index contributed by atoms with van der Waals surface area (Å²) in [6.45, 7) is 0.914. The van der Waals surface area contributed by atoms with Gasteiger partial charge in [-0.2, -0.15) is 5.48 Å². The number of benzene rings is 3. The molecule has 3 aromatic carbocycles. The lowest BCUT2D eigenvalue weighted by Gasteiger charge is -2.16. The highest BCUT2D eigenvalue weighted by molar-refractivity contribution is 5.64. The van der Waals surface area contributed by atoms with Gasteiger partial charge in [0, 0.05) is 6.54 Å². The molecule has 1 aliphatic heterocycles. The van der Waals surface area contributed by atoms with Gasteiger partial charge in [-0.3, -0.25) is 0 Å². The molecule has 0 fully saturated rings. The second-order valence-electron chi connectivity index (χ2n) is 5.45. The molecule has 0 aliphatic carbocycles. The van der Waals surface area contributed by atoms with E-state index in [-0.39, 0.29) is 11.5 Å². The van der Waals surface area contributed by atoms with Gasteiger partial charge in [-0.15, -0.1) is 0 Å². The summed E-state index contributed by atoms with van der Waals surface area (Å²) in [6, 6.07) is 22.0. The minimum absolute atomic E-state index is 0.257. The molecular formula is C20H19NO3. The molecular weight excluding hydrogens is 302 g/mol. The average molecular weight is 321 g/mol. The van der Waals surface area contributed by atoms with E-state index >= 15 is 0 Å². The van der Waals surface area contributed by atoms with Crippen LogP contribution in [0.3, 0.4) is 0 Å². The molecule has 1 heterocycles. The van der Waals surface area contributed by atoms with Crippen molar-refractivity contribution >= 4 is 0 Å². The number of fused-ring (bicyclic) bond motifs is 1. The molecule has 0 spiro atoms. The average Bonchev–Trinajstić information content (AvgIpc) is 2.64. The molecule has 0 atom stereocenters. The first-order valence-electron chi connectivity index (χ1n) is 7.78. The van der Waals surface area contributed by atoms with E-state index in [1.807, 2.05) is 42.5 Å². The zero-order valence-electron chi connectivity index (χ0n) is 13.1. The van der Waals surface area contributed by atoms with Crippen molar-refractivity contribution in [2.24, 2.45) is 0 Å². The number of phenolic OH excluding ortho intramolecular Hbond substituents is 2. The standard InChI is InChI=1S/C12H10O2.C8H9NO/c13-11-5-1-9(2-6-11)10-3-7-12(14)8-4-10;1-2-4-8-7(3-1)5-6-9-10-8/h1-8,13-14H;1-4,9H,5-6H2. The fourth-order valence-electron chi connectivity index (χ4n) is 2.43. The third kappa shape index (κ3) is 4.06. The molecule has 4 rings (SSSR count). The summed E-state index contributed by atoms with van der Waals surface area (Å²) in [5, 5.41) is 18.2. The molecule has 3 N–H and O–H groups in total. The Balaban J connectivity index is 0.000000149. The second kappa shape index (κ2) is 7.53. The van der Waals surface area contributed by atoms with Crippen LogP contribution in [0, 0.1) is 0 Å². The van der Waals surface area contributed by atoms with Crippen molar-refractivity contribution in [3.63, 3.8) is 0 Å². The fraction of sp³-hybridized carbons (Fsp3) is 0.100. The van der Waals surface area contributed by atoms with Crippen LogP contribution in [0.5, 0.6) is 17.2 Å². The van der Waals surface area contributed by atoms with Crippen LogP contribution in [-0.4, -0.2) is 16.8 Å². The Morgan fingerprint density at radius 1 is 0.708 bits per heavy atom. The Bertz CT molecular complexity index is 714. The summed E-state index contributed by atoms with van der Waals surface area (Å²) >= 11 is 0. The number of para-hydroxylation sites is 1. The molecule has 0 bridgehead atoms. The van der Waals surface area contributed by atoms with E-state index in [2.05, 4.69) is 11.5 Å². The predicted molar refractivity (Wildman–Crippen MR) is 94.0 cm³/mol. The molecule has 0 aromatic heterocycles. The zero-order valence-corrected chi connectivity index (χ0v) is 13.1. The van der Waals surface area contributed by atoms with Crippen LogP contribution >= 0.6 is 0 Å². The Morgan fingerprint density at radius 2 is 1.25 bits per heavy atom. The lowest BCUT2D eigenvalue weighted by atomic mass is 10.1. The lowest BCUT2D eigenvalue weighted by Crippen LogP contribution is -2.26. The molecule has 4 heteroatoms. The highest BCUT2D eigenvalue weighted by Crippen LogP contribution is 2.23. The van der Waals surface area contributed by atoms with Crippen molar-refractivity contribution < 1.29 is 15.1 Å². The number of hydrogen-bond donors (Lipinski definition) is 3. The van der Waals surface area contributed by atoms with Crippen LogP contribution < -0.4 is 10.3 Å². The van der Waals surface area contributed by atoms with Crippen molar-refractivity contribution in [3.05, 3.63) is 78.4 Å². The van der Waals surface area contributed by atoms with Crippen LogP contribution in [0.4, 0.5) is 0 Å². The highest BCUT2D eigenvalue weighted by Gasteiger charge is 2.06. The van der Waals surface area contributed by atoms with E-state index in [0.717, 1.165) is 29.8 Å². The number of phenols is 2. The Labute approximate surface area is 140 Å². The smallest absolute Gasteiger partial charge is 0.150 e. The van der Waals surface area contributed by atoms with Crippen LogP contribution in [0.2, 0.25) is 0 Å². The minimum atomic E-state index is 0.257. The SMILES string of the molecule is Oc1ccc(-c2ccc(O)cc2)cc1.c1ccc2c(c1)CCNO2. The largest absolute Gasteiger partial charge is 0.508 e. The normalized spacial score (nSPS) is 12.3. The van der Waals surface area contributed by atoms with Crippen molar-refractivity contribution in [2.45, 2.75) is 6.42 Å². The van der Waals surface area contributed by atoms with E-state index in [9.17, 15) is 0 Å². The minimum Gasteiger partial charge on any atom is -0.508 e. The van der Waals surface area contributed by atoms with E-state index in [4.69, 9.17) is 15.1 Å². The summed E-state index contributed by atoms with van der Waals surface area (Å²) in [6.07, 6.45) is 1.07. The van der Waals surface area contributed by atoms with Crippen molar-refractivity contribution in [1.29, 1.82) is 0 Å². The zero-order chi connectivity index (χ0) is 16.8. The van der Waals surface area contributed by atoms with Crippen LogP contribution in [-0.2, 0) is 6.42 Å². The van der Waals surface area contributed by atoms with Gasteiger partial charge in [0.05, 0.1) is 0 Å². The maximum atomic E-state index is 9.11. The summed E-state index contributed by atoms with van der Waals surface area (Å²) in [5.74, 6) is 1.48. The van der Waals surface area contributed by atoms with Crippen LogP contribution in [0.15, 0.2) is 72.8 Å². The summed E-state index contributed by atoms with van der Waals surface area (Å²) in [4.78, 5) is 5.17. The van der Waals surface area contributed by atoms with Gasteiger partial charge in [0.2, 0.25) is 0 Å². The Morgan fingerprint density at radius 3 is 1.79 bits per heavy atom. The second-order valence-corrected chi connectivity index (χ2v) is 5.45. The molecule has 1 aliphatic rings. The quantitative estimate of drug-likeness (QED) is 0.636. The van der Waals surface area contributed by atoms with Gasteiger partial charge >= 0.3 is 0 Å².